The Morgan fingerprint density at radius 1 is 1.22 bits per heavy atom. The minimum absolute atomic E-state index is 0. The van der Waals surface area contributed by atoms with Crippen molar-refractivity contribution in [3.8, 4) is 0 Å². The molecule has 112 valence electrons. The third-order valence-corrected chi connectivity index (χ3v) is 3.60. The van der Waals surface area contributed by atoms with Gasteiger partial charge in [0.1, 0.15) is 0 Å². The lowest BCUT2D eigenvalue weighted by molar-refractivity contribution is -0.121. The highest BCUT2D eigenvalue weighted by Gasteiger charge is 2.44. The summed E-state index contributed by atoms with van der Waals surface area (Å²) in [5.41, 5.74) is 5.76. The van der Waals surface area contributed by atoms with Gasteiger partial charge in [0.05, 0.1) is 0 Å². The van der Waals surface area contributed by atoms with E-state index in [1.54, 1.807) is 0 Å². The first-order valence-electron chi connectivity index (χ1n) is 7.19. The standard InChI is InChI=1S/C10H18N2O.2C2H6.CH4.H2/c11-9(13)5-8-6-10(7-8)1-3-12-4-2-10;2*1-2;;/h8,12H,1-7H2,(H2,11,13);2*1-2H3;1H4;1H. The van der Waals surface area contributed by atoms with Crippen molar-refractivity contribution in [2.24, 2.45) is 17.1 Å². The number of carbonyl (C=O) groups is 1. The molecule has 2 rings (SSSR count). The van der Waals surface area contributed by atoms with Crippen LogP contribution in [0.4, 0.5) is 0 Å². The van der Waals surface area contributed by atoms with Gasteiger partial charge in [0.2, 0.25) is 5.91 Å². The molecule has 2 fully saturated rings. The fourth-order valence-electron chi connectivity index (χ4n) is 2.96. The molecule has 0 unspecified atom stereocenters. The number of nitrogens with one attached hydrogen (secondary N) is 1. The lowest BCUT2D eigenvalue weighted by Gasteiger charge is -2.50. The molecule has 1 spiro atoms. The number of piperidine rings is 1. The Hall–Kier alpha value is -0.570. The van der Waals surface area contributed by atoms with Gasteiger partial charge in [-0.05, 0) is 50.1 Å². The second-order valence-corrected chi connectivity index (χ2v) is 4.69. The zero-order valence-corrected chi connectivity index (χ0v) is 12.0. The summed E-state index contributed by atoms with van der Waals surface area (Å²) in [6.07, 6.45) is 5.66. The number of hydrogen-bond acceptors (Lipinski definition) is 2. The van der Waals surface area contributed by atoms with Crippen LogP contribution in [0.15, 0.2) is 0 Å². The highest BCUT2D eigenvalue weighted by molar-refractivity contribution is 5.74. The van der Waals surface area contributed by atoms with Crippen molar-refractivity contribution >= 4 is 5.91 Å². The minimum Gasteiger partial charge on any atom is -0.370 e. The average molecular weight is 260 g/mol. The third kappa shape index (κ3) is 5.85. The first-order chi connectivity index (χ1) is 8.20. The van der Waals surface area contributed by atoms with Crippen LogP contribution in [0.3, 0.4) is 0 Å². The summed E-state index contributed by atoms with van der Waals surface area (Å²) in [4.78, 5) is 10.7. The molecule has 1 amide bonds. The van der Waals surface area contributed by atoms with Gasteiger partial charge in [0, 0.05) is 7.85 Å². The molecule has 0 bridgehead atoms. The van der Waals surface area contributed by atoms with Crippen molar-refractivity contribution in [1.29, 1.82) is 0 Å². The van der Waals surface area contributed by atoms with Crippen LogP contribution in [0.2, 0.25) is 0 Å². The Kier molecular flexibility index (Phi) is 11.4. The van der Waals surface area contributed by atoms with Crippen LogP contribution in [0.5, 0.6) is 0 Å². The van der Waals surface area contributed by atoms with E-state index < -0.39 is 0 Å². The first-order valence-corrected chi connectivity index (χ1v) is 7.19. The number of nitrogens with two attached hydrogens (primary N) is 1. The predicted octanol–water partition coefficient (Wildman–Crippen LogP) is 3.58. The zero-order valence-electron chi connectivity index (χ0n) is 12.0. The Morgan fingerprint density at radius 3 is 2.06 bits per heavy atom. The lowest BCUT2D eigenvalue weighted by Crippen LogP contribution is -2.46. The molecule has 1 aliphatic carbocycles. The van der Waals surface area contributed by atoms with E-state index in [4.69, 9.17) is 5.73 Å². The molecule has 1 aliphatic heterocycles. The normalized spacial score (nSPS) is 20.2. The topological polar surface area (TPSA) is 55.1 Å². The second-order valence-electron chi connectivity index (χ2n) is 4.69. The van der Waals surface area contributed by atoms with Crippen molar-refractivity contribution in [3.05, 3.63) is 0 Å². The quantitative estimate of drug-likeness (QED) is 0.797. The molecule has 3 nitrogen and oxygen atoms in total. The molecule has 2 aliphatic rings. The Labute approximate surface area is 115 Å². The van der Waals surface area contributed by atoms with Gasteiger partial charge >= 0.3 is 0 Å². The van der Waals surface area contributed by atoms with E-state index in [-0.39, 0.29) is 14.8 Å². The van der Waals surface area contributed by atoms with Crippen LogP contribution in [-0.2, 0) is 4.79 Å². The Morgan fingerprint density at radius 2 is 1.67 bits per heavy atom. The number of hydrogen-bond donors (Lipinski definition) is 2. The molecule has 0 aromatic rings. The summed E-state index contributed by atoms with van der Waals surface area (Å²) < 4.78 is 0. The Bertz CT molecular complexity index is 208. The van der Waals surface area contributed by atoms with Crippen molar-refractivity contribution in [3.63, 3.8) is 0 Å². The van der Waals surface area contributed by atoms with E-state index in [1.807, 2.05) is 27.7 Å². The fraction of sp³-hybridized carbons (Fsp3) is 0.933. The second kappa shape index (κ2) is 10.4. The van der Waals surface area contributed by atoms with Crippen LogP contribution >= 0.6 is 0 Å². The van der Waals surface area contributed by atoms with E-state index in [1.165, 1.54) is 25.7 Å². The number of primary amides is 1. The lowest BCUT2D eigenvalue weighted by atomic mass is 9.57. The van der Waals surface area contributed by atoms with Gasteiger partial charge in [-0.1, -0.05) is 35.1 Å². The fourth-order valence-corrected chi connectivity index (χ4v) is 2.96. The van der Waals surface area contributed by atoms with Gasteiger partial charge in [-0.15, -0.1) is 0 Å². The summed E-state index contributed by atoms with van der Waals surface area (Å²) in [6.45, 7) is 10.3. The van der Waals surface area contributed by atoms with E-state index in [2.05, 4.69) is 5.32 Å². The van der Waals surface area contributed by atoms with Gasteiger partial charge in [0.25, 0.3) is 0 Å². The third-order valence-electron chi connectivity index (χ3n) is 3.60. The van der Waals surface area contributed by atoms with Gasteiger partial charge in [-0.3, -0.25) is 4.79 Å². The summed E-state index contributed by atoms with van der Waals surface area (Å²) in [5.74, 6) is 0.462. The van der Waals surface area contributed by atoms with Gasteiger partial charge in [0.15, 0.2) is 0 Å². The summed E-state index contributed by atoms with van der Waals surface area (Å²) in [5, 5.41) is 3.37. The maximum atomic E-state index is 10.7. The van der Waals surface area contributed by atoms with Crippen LogP contribution in [0.25, 0.3) is 0 Å². The SMILES string of the molecule is C.CC.CC.NC(=O)CC1CC2(CCNCC2)C1.[HH]. The van der Waals surface area contributed by atoms with Crippen LogP contribution in [0.1, 0.15) is 68.7 Å². The van der Waals surface area contributed by atoms with Crippen molar-refractivity contribution in [2.45, 2.75) is 67.2 Å². The maximum Gasteiger partial charge on any atom is 0.217 e. The Balaban J connectivity index is -0.000000392. The molecule has 0 radical (unpaired) electrons. The van der Waals surface area contributed by atoms with Gasteiger partial charge in [-0.2, -0.15) is 0 Å². The molecule has 3 N–H and O–H groups in total. The molecule has 1 saturated carbocycles. The molecular weight excluding hydrogens is 224 g/mol. The highest BCUT2D eigenvalue weighted by Crippen LogP contribution is 2.52. The summed E-state index contributed by atoms with van der Waals surface area (Å²) in [6, 6.07) is 0. The molecular formula is C15H36N2O. The monoisotopic (exact) mass is 260 g/mol. The maximum absolute atomic E-state index is 10.7. The molecule has 0 atom stereocenters. The smallest absolute Gasteiger partial charge is 0.217 e. The van der Waals surface area contributed by atoms with Crippen molar-refractivity contribution in [2.75, 3.05) is 13.1 Å². The van der Waals surface area contributed by atoms with Gasteiger partial charge < -0.3 is 11.1 Å². The molecule has 0 aromatic carbocycles. The highest BCUT2D eigenvalue weighted by atomic mass is 16.1. The van der Waals surface area contributed by atoms with E-state index in [0.717, 1.165) is 13.1 Å². The number of amides is 1. The van der Waals surface area contributed by atoms with Crippen molar-refractivity contribution < 1.29 is 6.22 Å². The molecule has 1 heterocycles. The first kappa shape index (κ1) is 19.8. The zero-order chi connectivity index (χ0) is 13.3. The summed E-state index contributed by atoms with van der Waals surface area (Å²) >= 11 is 0. The average Bonchev–Trinajstić information content (AvgIpc) is 2.33. The number of carbonyl (C=O) groups excluding carboxylic acids is 1. The number of rotatable bonds is 2. The van der Waals surface area contributed by atoms with E-state index in [0.29, 0.717) is 17.8 Å². The molecule has 3 heteroatoms. The minimum atomic E-state index is -0.131. The van der Waals surface area contributed by atoms with Crippen LogP contribution < -0.4 is 11.1 Å². The van der Waals surface area contributed by atoms with E-state index in [9.17, 15) is 4.79 Å². The molecule has 18 heavy (non-hydrogen) atoms. The van der Waals surface area contributed by atoms with Crippen LogP contribution in [0, 0.1) is 11.3 Å². The summed E-state index contributed by atoms with van der Waals surface area (Å²) in [7, 11) is 0. The van der Waals surface area contributed by atoms with Crippen LogP contribution in [-0.4, -0.2) is 19.0 Å². The van der Waals surface area contributed by atoms with Crippen molar-refractivity contribution in [1.82, 2.24) is 5.32 Å². The largest absolute Gasteiger partial charge is 0.370 e. The molecule has 1 saturated heterocycles. The predicted molar refractivity (Wildman–Crippen MR) is 82.6 cm³/mol. The van der Waals surface area contributed by atoms with E-state index >= 15 is 0 Å². The van der Waals surface area contributed by atoms with Gasteiger partial charge in [-0.25, -0.2) is 0 Å². The molecule has 0 aromatic heterocycles.